The first-order chi connectivity index (χ1) is 15.6. The van der Waals surface area contributed by atoms with Gasteiger partial charge in [0.1, 0.15) is 5.54 Å². The van der Waals surface area contributed by atoms with Crippen molar-refractivity contribution in [3.05, 3.63) is 71.8 Å². The van der Waals surface area contributed by atoms with Gasteiger partial charge in [-0.05, 0) is 61.2 Å². The molecule has 2 aromatic carbocycles. The van der Waals surface area contributed by atoms with Crippen molar-refractivity contribution in [1.82, 2.24) is 15.5 Å². The molecule has 1 saturated carbocycles. The minimum absolute atomic E-state index is 0.208. The van der Waals surface area contributed by atoms with Crippen molar-refractivity contribution in [2.45, 2.75) is 51.2 Å². The largest absolute Gasteiger partial charge is 0.350 e. The Hall–Kier alpha value is -2.17. The molecular weight excluding hydrogens is 394 g/mol. The van der Waals surface area contributed by atoms with Crippen molar-refractivity contribution in [3.63, 3.8) is 0 Å². The van der Waals surface area contributed by atoms with E-state index < -0.39 is 5.54 Å². The first-order valence-corrected chi connectivity index (χ1v) is 12.4. The molecule has 4 aliphatic rings. The zero-order valence-electron chi connectivity index (χ0n) is 19.5. The third-order valence-electron chi connectivity index (χ3n) is 8.19. The van der Waals surface area contributed by atoms with Crippen molar-refractivity contribution in [2.24, 2.45) is 23.7 Å². The molecule has 170 valence electrons. The molecule has 0 aromatic heterocycles. The summed E-state index contributed by atoms with van der Waals surface area (Å²) in [4.78, 5) is 16.6. The Balaban J connectivity index is 1.42. The average molecular weight is 432 g/mol. The van der Waals surface area contributed by atoms with Gasteiger partial charge in [-0.3, -0.25) is 9.69 Å². The van der Waals surface area contributed by atoms with Crippen LogP contribution in [0.4, 0.5) is 0 Å². The average Bonchev–Trinajstić information content (AvgIpc) is 3.08. The summed E-state index contributed by atoms with van der Waals surface area (Å²) >= 11 is 0. The van der Waals surface area contributed by atoms with Crippen molar-refractivity contribution in [2.75, 3.05) is 19.6 Å². The van der Waals surface area contributed by atoms with Crippen molar-refractivity contribution < 1.29 is 4.79 Å². The number of piperidine rings is 2. The number of rotatable bonds is 8. The molecule has 1 amide bonds. The second-order valence-electron chi connectivity index (χ2n) is 10.6. The minimum Gasteiger partial charge on any atom is -0.350 e. The molecule has 32 heavy (non-hydrogen) atoms. The lowest BCUT2D eigenvalue weighted by Gasteiger charge is -2.56. The highest BCUT2D eigenvalue weighted by Crippen LogP contribution is 2.53. The molecular formula is C28H37N3O. The van der Waals surface area contributed by atoms with E-state index in [0.29, 0.717) is 30.2 Å². The summed E-state index contributed by atoms with van der Waals surface area (Å²) in [5.74, 6) is 2.46. The van der Waals surface area contributed by atoms with Gasteiger partial charge in [-0.25, -0.2) is 0 Å². The Morgan fingerprint density at radius 2 is 1.78 bits per heavy atom. The number of carbonyl (C=O) groups excluding carboxylic acids is 1. The smallest absolute Gasteiger partial charge is 0.242 e. The first-order valence-electron chi connectivity index (χ1n) is 12.4. The lowest BCUT2D eigenvalue weighted by Crippen LogP contribution is -2.76. The molecule has 3 aliphatic heterocycles. The van der Waals surface area contributed by atoms with E-state index in [1.165, 1.54) is 12.0 Å². The van der Waals surface area contributed by atoms with E-state index in [1.807, 2.05) is 18.2 Å². The summed E-state index contributed by atoms with van der Waals surface area (Å²) in [6.07, 6.45) is 3.42. The van der Waals surface area contributed by atoms with Crippen LogP contribution in [0.2, 0.25) is 0 Å². The third kappa shape index (κ3) is 3.88. The number of nitrogens with one attached hydrogen (secondary N) is 2. The molecule has 4 fully saturated rings. The van der Waals surface area contributed by atoms with Crippen LogP contribution in [0.1, 0.15) is 37.8 Å². The van der Waals surface area contributed by atoms with E-state index in [0.717, 1.165) is 38.0 Å². The van der Waals surface area contributed by atoms with Crippen LogP contribution in [-0.4, -0.2) is 42.0 Å². The molecule has 3 heterocycles. The quantitative estimate of drug-likeness (QED) is 0.667. The lowest BCUT2D eigenvalue weighted by atomic mass is 9.58. The summed E-state index contributed by atoms with van der Waals surface area (Å²) in [5, 5.41) is 7.14. The van der Waals surface area contributed by atoms with Crippen molar-refractivity contribution in [3.8, 4) is 0 Å². The minimum atomic E-state index is -0.458. The maximum Gasteiger partial charge on any atom is 0.242 e. The van der Waals surface area contributed by atoms with Crippen LogP contribution in [0.25, 0.3) is 0 Å². The summed E-state index contributed by atoms with van der Waals surface area (Å²) in [7, 11) is 0. The summed E-state index contributed by atoms with van der Waals surface area (Å²) < 4.78 is 0. The maximum atomic E-state index is 13.9. The van der Waals surface area contributed by atoms with Gasteiger partial charge in [-0.2, -0.15) is 0 Å². The lowest BCUT2D eigenvalue weighted by molar-refractivity contribution is -0.138. The molecule has 2 aromatic rings. The number of fused-ring (bicyclic) bond motifs is 1. The second-order valence-corrected chi connectivity index (χ2v) is 10.6. The number of nitrogens with zero attached hydrogens (tertiary/aromatic N) is 1. The molecule has 6 rings (SSSR count). The fraction of sp³-hybridized carbons (Fsp3) is 0.536. The predicted octanol–water partition coefficient (Wildman–Crippen LogP) is 3.87. The topological polar surface area (TPSA) is 44.4 Å². The van der Waals surface area contributed by atoms with Crippen LogP contribution < -0.4 is 10.6 Å². The van der Waals surface area contributed by atoms with Crippen molar-refractivity contribution in [1.29, 1.82) is 0 Å². The van der Waals surface area contributed by atoms with E-state index in [-0.39, 0.29) is 11.9 Å². The summed E-state index contributed by atoms with van der Waals surface area (Å²) in [5.41, 5.74) is 2.10. The Kier molecular flexibility index (Phi) is 6.09. The van der Waals surface area contributed by atoms with Gasteiger partial charge < -0.3 is 10.6 Å². The van der Waals surface area contributed by atoms with Gasteiger partial charge in [0.15, 0.2) is 0 Å². The normalized spacial score (nSPS) is 31.2. The Morgan fingerprint density at radius 3 is 2.47 bits per heavy atom. The summed E-state index contributed by atoms with van der Waals surface area (Å²) in [6, 6.07) is 21.4. The highest BCUT2D eigenvalue weighted by atomic mass is 16.2. The fourth-order valence-electron chi connectivity index (χ4n) is 6.66. The molecule has 3 saturated heterocycles. The highest BCUT2D eigenvalue weighted by Gasteiger charge is 2.67. The molecule has 4 bridgehead atoms. The number of benzene rings is 2. The number of hydrogen-bond acceptors (Lipinski definition) is 3. The van der Waals surface area contributed by atoms with Crippen LogP contribution >= 0.6 is 0 Å². The molecule has 4 nitrogen and oxygen atoms in total. The van der Waals surface area contributed by atoms with Crippen LogP contribution in [0.15, 0.2) is 60.7 Å². The zero-order chi connectivity index (χ0) is 22.1. The van der Waals surface area contributed by atoms with Crippen molar-refractivity contribution >= 4 is 5.91 Å². The van der Waals surface area contributed by atoms with Gasteiger partial charge in [0.05, 0.1) is 0 Å². The maximum absolute atomic E-state index is 13.9. The second kappa shape index (κ2) is 8.99. The van der Waals surface area contributed by atoms with Crippen LogP contribution in [0, 0.1) is 23.7 Å². The number of amides is 1. The number of carbonyl (C=O) groups is 1. The van der Waals surface area contributed by atoms with Gasteiger partial charge in [0, 0.05) is 25.0 Å². The van der Waals surface area contributed by atoms with E-state index >= 15 is 0 Å². The monoisotopic (exact) mass is 431 g/mol. The standard InChI is InChI=1S/C28H37N3O/c1-20(2)13-14-31-19-24-16-23-18-30-28(24,27(32)29-17-22-11-7-4-8-12-22)26(31)25(23)15-21-9-5-3-6-10-21/h3-12,20,23-26,30H,13-19H2,1-2H3,(H,29,32). The van der Waals surface area contributed by atoms with Gasteiger partial charge in [-0.1, -0.05) is 74.5 Å². The zero-order valence-corrected chi connectivity index (χ0v) is 19.5. The molecule has 5 atom stereocenters. The molecule has 0 radical (unpaired) electrons. The molecule has 5 unspecified atom stereocenters. The summed E-state index contributed by atoms with van der Waals surface area (Å²) in [6.45, 7) is 8.30. The SMILES string of the molecule is CC(C)CCN1CC2CC3CNC2(C(=O)NCc2ccccc2)C1C3Cc1ccccc1. The number of hydrogen-bond donors (Lipinski definition) is 2. The van der Waals surface area contributed by atoms with E-state index in [4.69, 9.17) is 0 Å². The Bertz CT molecular complexity index is 915. The Morgan fingerprint density at radius 1 is 1.09 bits per heavy atom. The molecule has 2 N–H and O–H groups in total. The van der Waals surface area contributed by atoms with E-state index in [1.54, 1.807) is 0 Å². The van der Waals surface area contributed by atoms with Crippen LogP contribution in [0.5, 0.6) is 0 Å². The van der Waals surface area contributed by atoms with Crippen LogP contribution in [0.3, 0.4) is 0 Å². The molecule has 1 aliphatic carbocycles. The van der Waals surface area contributed by atoms with E-state index in [9.17, 15) is 4.79 Å². The predicted molar refractivity (Wildman–Crippen MR) is 129 cm³/mol. The molecule has 4 heteroatoms. The van der Waals surface area contributed by atoms with Crippen LogP contribution in [-0.2, 0) is 17.8 Å². The highest BCUT2D eigenvalue weighted by molar-refractivity contribution is 5.89. The number of likely N-dealkylation sites (tertiary alicyclic amines) is 1. The van der Waals surface area contributed by atoms with Gasteiger partial charge >= 0.3 is 0 Å². The van der Waals surface area contributed by atoms with Gasteiger partial charge in [0.25, 0.3) is 0 Å². The fourth-order valence-corrected chi connectivity index (χ4v) is 6.66. The first kappa shape index (κ1) is 21.7. The third-order valence-corrected chi connectivity index (χ3v) is 8.19. The van der Waals surface area contributed by atoms with Gasteiger partial charge in [-0.15, -0.1) is 0 Å². The van der Waals surface area contributed by atoms with Gasteiger partial charge in [0.2, 0.25) is 5.91 Å². The molecule has 0 spiro atoms. The Labute approximate surface area is 192 Å². The van der Waals surface area contributed by atoms with E-state index in [2.05, 4.69) is 71.8 Å².